The van der Waals surface area contributed by atoms with E-state index in [0.717, 1.165) is 43.5 Å². The highest BCUT2D eigenvalue weighted by atomic mass is 32.2. The predicted octanol–water partition coefficient (Wildman–Crippen LogP) is 2.61. The van der Waals surface area contributed by atoms with Crippen molar-refractivity contribution in [3.05, 3.63) is 30.1 Å². The van der Waals surface area contributed by atoms with Crippen LogP contribution in [0.25, 0.3) is 0 Å². The number of ether oxygens (including phenoxy) is 1. The summed E-state index contributed by atoms with van der Waals surface area (Å²) in [5.74, 6) is -2.41. The molecule has 1 saturated carbocycles. The minimum atomic E-state index is -3.78. The van der Waals surface area contributed by atoms with E-state index >= 15 is 0 Å². The molecule has 1 aromatic carbocycles. The average Bonchev–Trinajstić information content (AvgIpc) is 2.72. The van der Waals surface area contributed by atoms with Crippen LogP contribution < -0.4 is 0 Å². The van der Waals surface area contributed by atoms with Crippen LogP contribution in [0.15, 0.2) is 29.2 Å². The number of sulfone groups is 1. The third-order valence-corrected chi connectivity index (χ3v) is 7.00. The zero-order valence-corrected chi connectivity index (χ0v) is 17.4. The molecular formula is C20H25FN2O5S. The smallest absolute Gasteiger partial charge is 0.307 e. The molecule has 1 aromatic rings. The van der Waals surface area contributed by atoms with Gasteiger partial charge in [0.15, 0.2) is 15.9 Å². The molecule has 0 radical (unpaired) electrons. The van der Waals surface area contributed by atoms with Crippen molar-refractivity contribution >= 4 is 21.7 Å². The predicted molar refractivity (Wildman–Crippen MR) is 103 cm³/mol. The Morgan fingerprint density at radius 2 is 1.83 bits per heavy atom. The van der Waals surface area contributed by atoms with Gasteiger partial charge in [0.25, 0.3) is 5.91 Å². The molecule has 29 heavy (non-hydrogen) atoms. The number of rotatable bonds is 7. The molecule has 1 aliphatic rings. The summed E-state index contributed by atoms with van der Waals surface area (Å²) in [7, 11) is -2.25. The van der Waals surface area contributed by atoms with E-state index in [1.807, 2.05) is 0 Å². The molecule has 2 rings (SSSR count). The summed E-state index contributed by atoms with van der Waals surface area (Å²) in [5.41, 5.74) is -0.901. The fourth-order valence-electron chi connectivity index (χ4n) is 3.43. The SMILES string of the molecule is C[C@H](OC(=O)CCS(=O)(=O)c1ccc(F)cc1)C(=O)N(C)C1(C#N)CCCCC1. The molecule has 0 N–H and O–H groups in total. The van der Waals surface area contributed by atoms with E-state index in [-0.39, 0.29) is 4.90 Å². The molecule has 0 heterocycles. The Bertz CT molecular complexity index is 886. The molecule has 7 nitrogen and oxygen atoms in total. The number of hydrogen-bond donors (Lipinski definition) is 0. The second kappa shape index (κ2) is 9.35. The van der Waals surface area contributed by atoms with Crippen LogP contribution in [-0.4, -0.2) is 49.6 Å². The van der Waals surface area contributed by atoms with E-state index in [9.17, 15) is 27.7 Å². The first-order chi connectivity index (χ1) is 13.6. The molecular weight excluding hydrogens is 399 g/mol. The van der Waals surface area contributed by atoms with Gasteiger partial charge in [-0.25, -0.2) is 12.8 Å². The van der Waals surface area contributed by atoms with Gasteiger partial charge in [0.1, 0.15) is 11.4 Å². The quantitative estimate of drug-likeness (QED) is 0.492. The molecule has 0 aromatic heterocycles. The van der Waals surface area contributed by atoms with Gasteiger partial charge in [0.05, 0.1) is 23.1 Å². The number of carbonyl (C=O) groups excluding carboxylic acids is 2. The lowest BCUT2D eigenvalue weighted by Crippen LogP contribution is -2.53. The maximum atomic E-state index is 12.9. The number of halogens is 1. The van der Waals surface area contributed by atoms with Crippen LogP contribution in [0, 0.1) is 17.1 Å². The molecule has 158 valence electrons. The molecule has 0 bridgehead atoms. The first kappa shape index (κ1) is 22.8. The van der Waals surface area contributed by atoms with E-state index in [0.29, 0.717) is 12.8 Å². The summed E-state index contributed by atoms with van der Waals surface area (Å²) in [5, 5.41) is 9.58. The van der Waals surface area contributed by atoms with E-state index < -0.39 is 51.3 Å². The van der Waals surface area contributed by atoms with Crippen LogP contribution in [0.4, 0.5) is 4.39 Å². The number of hydrogen-bond acceptors (Lipinski definition) is 6. The first-order valence-corrected chi connectivity index (χ1v) is 11.1. The van der Waals surface area contributed by atoms with Crippen LogP contribution in [0.5, 0.6) is 0 Å². The molecule has 9 heteroatoms. The highest BCUT2D eigenvalue weighted by Gasteiger charge is 2.40. The number of benzene rings is 1. The largest absolute Gasteiger partial charge is 0.453 e. The zero-order valence-electron chi connectivity index (χ0n) is 16.6. The highest BCUT2D eigenvalue weighted by molar-refractivity contribution is 7.91. The molecule has 1 atom stereocenters. The zero-order chi connectivity index (χ0) is 21.7. The Morgan fingerprint density at radius 1 is 1.24 bits per heavy atom. The van der Waals surface area contributed by atoms with E-state index in [1.165, 1.54) is 18.9 Å². The van der Waals surface area contributed by atoms with Crippen molar-refractivity contribution in [2.24, 2.45) is 0 Å². The maximum absolute atomic E-state index is 12.9. The van der Waals surface area contributed by atoms with Crippen molar-refractivity contribution in [1.29, 1.82) is 5.26 Å². The van der Waals surface area contributed by atoms with Crippen LogP contribution >= 0.6 is 0 Å². The van der Waals surface area contributed by atoms with Crippen molar-refractivity contribution in [2.75, 3.05) is 12.8 Å². The molecule has 0 aliphatic heterocycles. The van der Waals surface area contributed by atoms with Crippen molar-refractivity contribution in [1.82, 2.24) is 4.90 Å². The minimum absolute atomic E-state index is 0.0937. The van der Waals surface area contributed by atoms with Crippen molar-refractivity contribution < 1.29 is 27.1 Å². The molecule has 1 amide bonds. The van der Waals surface area contributed by atoms with E-state index in [1.54, 1.807) is 0 Å². The normalized spacial score (nSPS) is 17.0. The summed E-state index contributed by atoms with van der Waals surface area (Å²) in [6.45, 7) is 1.40. The lowest BCUT2D eigenvalue weighted by atomic mass is 9.81. The molecule has 0 unspecified atom stereocenters. The Kier molecular flexibility index (Phi) is 7.36. The number of likely N-dealkylation sites (N-methyl/N-ethyl adjacent to an activating group) is 1. The number of carbonyl (C=O) groups is 2. The summed E-state index contributed by atoms with van der Waals surface area (Å²) >= 11 is 0. The maximum Gasteiger partial charge on any atom is 0.307 e. The highest BCUT2D eigenvalue weighted by Crippen LogP contribution is 2.32. The van der Waals surface area contributed by atoms with Gasteiger partial charge in [0.2, 0.25) is 0 Å². The van der Waals surface area contributed by atoms with Crippen LogP contribution in [0.3, 0.4) is 0 Å². The standard InChI is InChI=1S/C20H25FN2O5S/c1-15(19(25)23(2)20(14-22)11-4-3-5-12-20)28-18(24)10-13-29(26,27)17-8-6-16(21)7-9-17/h6-9,15H,3-5,10-13H2,1-2H3/t15-/m0/s1. The van der Waals surface area contributed by atoms with Gasteiger partial charge in [-0.3, -0.25) is 9.59 Å². The Morgan fingerprint density at radius 3 is 2.38 bits per heavy atom. The molecule has 1 fully saturated rings. The third kappa shape index (κ3) is 5.54. The Balaban J connectivity index is 1.93. The van der Waals surface area contributed by atoms with Crippen molar-refractivity contribution in [3.63, 3.8) is 0 Å². The summed E-state index contributed by atoms with van der Waals surface area (Å²) in [6.07, 6.45) is 2.28. The summed E-state index contributed by atoms with van der Waals surface area (Å²) in [4.78, 5) is 25.9. The van der Waals surface area contributed by atoms with Crippen LogP contribution in [0.2, 0.25) is 0 Å². The van der Waals surface area contributed by atoms with Crippen LogP contribution in [-0.2, 0) is 24.2 Å². The van der Waals surface area contributed by atoms with Gasteiger partial charge in [-0.1, -0.05) is 19.3 Å². The third-order valence-electron chi connectivity index (χ3n) is 5.27. The lowest BCUT2D eigenvalue weighted by Gasteiger charge is -2.39. The fourth-order valence-corrected chi connectivity index (χ4v) is 4.65. The number of nitriles is 1. The van der Waals surface area contributed by atoms with Gasteiger partial charge in [-0.2, -0.15) is 5.26 Å². The number of amides is 1. The lowest BCUT2D eigenvalue weighted by molar-refractivity contribution is -0.160. The van der Waals surface area contributed by atoms with E-state index in [4.69, 9.17) is 4.74 Å². The summed E-state index contributed by atoms with van der Waals surface area (Å²) in [6, 6.07) is 6.54. The number of esters is 1. The van der Waals surface area contributed by atoms with Crippen molar-refractivity contribution in [2.45, 2.75) is 62.0 Å². The van der Waals surface area contributed by atoms with Crippen LogP contribution in [0.1, 0.15) is 45.4 Å². The number of nitrogens with zero attached hydrogens (tertiary/aromatic N) is 2. The fraction of sp³-hybridized carbons (Fsp3) is 0.550. The second-order valence-corrected chi connectivity index (χ2v) is 9.37. The Labute approximate surface area is 170 Å². The molecule has 0 spiro atoms. The monoisotopic (exact) mass is 424 g/mol. The minimum Gasteiger partial charge on any atom is -0.453 e. The van der Waals surface area contributed by atoms with Gasteiger partial charge in [-0.15, -0.1) is 0 Å². The topological polar surface area (TPSA) is 105 Å². The van der Waals surface area contributed by atoms with Gasteiger partial charge >= 0.3 is 5.97 Å². The van der Waals surface area contributed by atoms with Gasteiger partial charge in [-0.05, 0) is 44.0 Å². The van der Waals surface area contributed by atoms with Gasteiger partial charge < -0.3 is 9.64 Å². The summed E-state index contributed by atoms with van der Waals surface area (Å²) < 4.78 is 42.5. The van der Waals surface area contributed by atoms with Gasteiger partial charge in [0, 0.05) is 7.05 Å². The molecule has 1 aliphatic carbocycles. The molecule has 0 saturated heterocycles. The Hall–Kier alpha value is -2.47. The van der Waals surface area contributed by atoms with E-state index in [2.05, 4.69) is 6.07 Å². The average molecular weight is 424 g/mol. The second-order valence-electron chi connectivity index (χ2n) is 7.26. The van der Waals surface area contributed by atoms with Crippen molar-refractivity contribution in [3.8, 4) is 6.07 Å². The first-order valence-electron chi connectivity index (χ1n) is 9.48.